The number of hydrogen-bond donors (Lipinski definition) is 1. The molecule has 0 radical (unpaired) electrons. The van der Waals surface area contributed by atoms with Crippen molar-refractivity contribution in [3.63, 3.8) is 0 Å². The summed E-state index contributed by atoms with van der Waals surface area (Å²) in [7, 11) is 1.66. The molecule has 0 fully saturated rings. The molecule has 0 saturated heterocycles. The van der Waals surface area contributed by atoms with Gasteiger partial charge in [-0.3, -0.25) is 0 Å². The minimum Gasteiger partial charge on any atom is -0.496 e. The molecule has 0 amide bonds. The topological polar surface area (TPSA) is 35.2 Å². The maximum Gasteiger partial charge on any atom is 0.124 e. The molecule has 0 bridgehead atoms. The summed E-state index contributed by atoms with van der Waals surface area (Å²) < 4.78 is 6.38. The van der Waals surface area contributed by atoms with Gasteiger partial charge in [0.15, 0.2) is 0 Å². The fraction of sp³-hybridized carbons (Fsp3) is 0.200. The summed E-state index contributed by atoms with van der Waals surface area (Å²) in [5.41, 5.74) is 9.66. The van der Waals surface area contributed by atoms with Crippen molar-refractivity contribution >= 4 is 15.9 Å². The lowest BCUT2D eigenvalue weighted by Crippen LogP contribution is -2.14. The summed E-state index contributed by atoms with van der Waals surface area (Å²) in [5.74, 6) is 0.814. The first-order valence-corrected chi connectivity index (χ1v) is 6.57. The van der Waals surface area contributed by atoms with Crippen molar-refractivity contribution in [3.8, 4) is 5.75 Å². The van der Waals surface area contributed by atoms with Gasteiger partial charge in [-0.2, -0.15) is 0 Å². The van der Waals surface area contributed by atoms with Gasteiger partial charge >= 0.3 is 0 Å². The van der Waals surface area contributed by atoms with E-state index in [1.807, 2.05) is 30.3 Å². The van der Waals surface area contributed by atoms with Crippen LogP contribution in [0.3, 0.4) is 0 Å². The maximum absolute atomic E-state index is 6.36. The van der Waals surface area contributed by atoms with Crippen LogP contribution < -0.4 is 10.5 Å². The van der Waals surface area contributed by atoms with Crippen molar-refractivity contribution < 1.29 is 4.74 Å². The quantitative estimate of drug-likeness (QED) is 0.936. The van der Waals surface area contributed by atoms with Crippen LogP contribution in [0.25, 0.3) is 0 Å². The monoisotopic (exact) mass is 305 g/mol. The second-order valence-corrected chi connectivity index (χ2v) is 5.14. The third-order valence-electron chi connectivity index (χ3n) is 3.05. The Labute approximate surface area is 116 Å². The second kappa shape index (κ2) is 5.55. The molecule has 0 aliphatic carbocycles. The Kier molecular flexibility index (Phi) is 4.04. The molecular formula is C15H16BrNO. The van der Waals surface area contributed by atoms with Gasteiger partial charge in [-0.15, -0.1) is 0 Å². The lowest BCUT2D eigenvalue weighted by molar-refractivity contribution is 0.407. The van der Waals surface area contributed by atoms with E-state index in [1.54, 1.807) is 7.11 Å². The Hall–Kier alpha value is -1.32. The van der Waals surface area contributed by atoms with Gasteiger partial charge in [0.25, 0.3) is 0 Å². The van der Waals surface area contributed by atoms with Gasteiger partial charge in [0.1, 0.15) is 5.75 Å². The van der Waals surface area contributed by atoms with Crippen LogP contribution in [-0.4, -0.2) is 7.11 Å². The number of benzene rings is 2. The van der Waals surface area contributed by atoms with Crippen molar-refractivity contribution in [2.45, 2.75) is 13.0 Å². The lowest BCUT2D eigenvalue weighted by atomic mass is 9.95. The van der Waals surface area contributed by atoms with Gasteiger partial charge in [-0.25, -0.2) is 0 Å². The van der Waals surface area contributed by atoms with Crippen LogP contribution in [0.15, 0.2) is 46.9 Å². The van der Waals surface area contributed by atoms with E-state index in [4.69, 9.17) is 10.5 Å². The van der Waals surface area contributed by atoms with E-state index in [-0.39, 0.29) is 6.04 Å². The highest BCUT2D eigenvalue weighted by Crippen LogP contribution is 2.31. The Balaban J connectivity index is 2.48. The first-order chi connectivity index (χ1) is 8.63. The SMILES string of the molecule is COc1ccc(Br)cc1C(N)c1ccccc1C. The zero-order valence-electron chi connectivity index (χ0n) is 10.5. The minimum absolute atomic E-state index is 0.182. The highest BCUT2D eigenvalue weighted by Gasteiger charge is 2.15. The van der Waals surface area contributed by atoms with Crippen LogP contribution in [0.4, 0.5) is 0 Å². The molecule has 2 aromatic carbocycles. The van der Waals surface area contributed by atoms with E-state index in [2.05, 4.69) is 35.0 Å². The highest BCUT2D eigenvalue weighted by molar-refractivity contribution is 9.10. The van der Waals surface area contributed by atoms with E-state index in [0.29, 0.717) is 0 Å². The number of ether oxygens (including phenoxy) is 1. The zero-order valence-corrected chi connectivity index (χ0v) is 12.1. The summed E-state index contributed by atoms with van der Waals surface area (Å²) in [6.07, 6.45) is 0. The Morgan fingerprint density at radius 1 is 1.11 bits per heavy atom. The molecule has 18 heavy (non-hydrogen) atoms. The van der Waals surface area contributed by atoms with Crippen molar-refractivity contribution in [3.05, 3.63) is 63.6 Å². The number of hydrogen-bond acceptors (Lipinski definition) is 2. The summed E-state index contributed by atoms with van der Waals surface area (Å²) in [4.78, 5) is 0. The Morgan fingerprint density at radius 3 is 2.50 bits per heavy atom. The number of rotatable bonds is 3. The molecule has 94 valence electrons. The molecule has 3 heteroatoms. The van der Waals surface area contributed by atoms with E-state index < -0.39 is 0 Å². The summed E-state index contributed by atoms with van der Waals surface area (Å²) >= 11 is 3.47. The third-order valence-corrected chi connectivity index (χ3v) is 3.54. The van der Waals surface area contributed by atoms with Crippen molar-refractivity contribution in [2.24, 2.45) is 5.73 Å². The Bertz CT molecular complexity index is 554. The fourth-order valence-electron chi connectivity index (χ4n) is 2.05. The first-order valence-electron chi connectivity index (χ1n) is 5.78. The number of halogens is 1. The third kappa shape index (κ3) is 2.57. The molecule has 1 atom stereocenters. The number of methoxy groups -OCH3 is 1. The fourth-order valence-corrected chi connectivity index (χ4v) is 2.43. The van der Waals surface area contributed by atoms with Gasteiger partial charge < -0.3 is 10.5 Å². The predicted octanol–water partition coefficient (Wildman–Crippen LogP) is 3.81. The van der Waals surface area contributed by atoms with E-state index in [1.165, 1.54) is 5.56 Å². The minimum atomic E-state index is -0.182. The van der Waals surface area contributed by atoms with Crippen LogP contribution in [0, 0.1) is 6.92 Å². The summed E-state index contributed by atoms with van der Waals surface area (Å²) in [6, 6.07) is 13.9. The molecule has 1 unspecified atom stereocenters. The van der Waals surface area contributed by atoms with Crippen LogP contribution in [0.2, 0.25) is 0 Å². The van der Waals surface area contributed by atoms with Crippen LogP contribution >= 0.6 is 15.9 Å². The predicted molar refractivity (Wildman–Crippen MR) is 77.9 cm³/mol. The summed E-state index contributed by atoms with van der Waals surface area (Å²) in [6.45, 7) is 2.07. The molecule has 0 spiro atoms. The molecule has 2 aromatic rings. The second-order valence-electron chi connectivity index (χ2n) is 4.22. The molecule has 0 saturated carbocycles. The van der Waals surface area contributed by atoms with Crippen LogP contribution in [0.1, 0.15) is 22.7 Å². The molecule has 0 aliphatic heterocycles. The van der Waals surface area contributed by atoms with Gasteiger partial charge in [-0.1, -0.05) is 40.2 Å². The summed E-state index contributed by atoms with van der Waals surface area (Å²) in [5, 5.41) is 0. The average Bonchev–Trinajstić information content (AvgIpc) is 2.38. The van der Waals surface area contributed by atoms with E-state index >= 15 is 0 Å². The normalized spacial score (nSPS) is 12.2. The molecule has 2 N–H and O–H groups in total. The van der Waals surface area contributed by atoms with Gasteiger partial charge in [0.05, 0.1) is 13.2 Å². The van der Waals surface area contributed by atoms with Gasteiger partial charge in [-0.05, 0) is 36.2 Å². The van der Waals surface area contributed by atoms with Crippen molar-refractivity contribution in [1.29, 1.82) is 0 Å². The maximum atomic E-state index is 6.36. The molecule has 0 heterocycles. The van der Waals surface area contributed by atoms with E-state index in [9.17, 15) is 0 Å². The number of aryl methyl sites for hydroxylation is 1. The largest absolute Gasteiger partial charge is 0.496 e. The van der Waals surface area contributed by atoms with Gasteiger partial charge in [0, 0.05) is 10.0 Å². The zero-order chi connectivity index (χ0) is 13.1. The Morgan fingerprint density at radius 2 is 1.83 bits per heavy atom. The molecule has 0 aliphatic rings. The molecule has 0 aromatic heterocycles. The number of nitrogens with two attached hydrogens (primary N) is 1. The van der Waals surface area contributed by atoms with Crippen LogP contribution in [-0.2, 0) is 0 Å². The van der Waals surface area contributed by atoms with Crippen molar-refractivity contribution in [2.75, 3.05) is 7.11 Å². The average molecular weight is 306 g/mol. The van der Waals surface area contributed by atoms with Crippen LogP contribution in [0.5, 0.6) is 5.75 Å². The van der Waals surface area contributed by atoms with E-state index in [0.717, 1.165) is 21.3 Å². The standard InChI is InChI=1S/C15H16BrNO/c1-10-5-3-4-6-12(10)15(17)13-9-11(16)7-8-14(13)18-2/h3-9,15H,17H2,1-2H3. The molecule has 2 rings (SSSR count). The molecule has 2 nitrogen and oxygen atoms in total. The highest BCUT2D eigenvalue weighted by atomic mass is 79.9. The first kappa shape index (κ1) is 13.1. The lowest BCUT2D eigenvalue weighted by Gasteiger charge is -2.18. The smallest absolute Gasteiger partial charge is 0.124 e. The van der Waals surface area contributed by atoms with Gasteiger partial charge in [0.2, 0.25) is 0 Å². The molecular weight excluding hydrogens is 290 g/mol. The van der Waals surface area contributed by atoms with Crippen molar-refractivity contribution in [1.82, 2.24) is 0 Å².